The van der Waals surface area contributed by atoms with Crippen molar-refractivity contribution in [1.29, 1.82) is 0 Å². The maximum atomic E-state index is 12.3. The van der Waals surface area contributed by atoms with Crippen LogP contribution in [-0.4, -0.2) is 68.5 Å². The average molecular weight is 293 g/mol. The van der Waals surface area contributed by atoms with Gasteiger partial charge in [0.25, 0.3) is 5.91 Å². The Hall–Kier alpha value is -2.64. The van der Waals surface area contributed by atoms with Gasteiger partial charge < -0.3 is 20.0 Å². The summed E-state index contributed by atoms with van der Waals surface area (Å²) in [6, 6.07) is 0.517. The molecule has 0 aliphatic carbocycles. The number of aliphatic carboxylic acids is 1. The molecule has 1 fully saturated rings. The van der Waals surface area contributed by atoms with Crippen molar-refractivity contribution in [1.82, 2.24) is 14.8 Å². The Labute approximate surface area is 120 Å². The number of aromatic hydroxyl groups is 1. The van der Waals surface area contributed by atoms with E-state index in [4.69, 9.17) is 5.11 Å². The average Bonchev–Trinajstić information content (AvgIpc) is 2.43. The van der Waals surface area contributed by atoms with E-state index in [0.29, 0.717) is 0 Å². The molecule has 1 aliphatic heterocycles. The van der Waals surface area contributed by atoms with E-state index in [-0.39, 0.29) is 30.9 Å². The van der Waals surface area contributed by atoms with E-state index < -0.39 is 23.8 Å². The van der Waals surface area contributed by atoms with Gasteiger partial charge in [-0.25, -0.2) is 0 Å². The van der Waals surface area contributed by atoms with Crippen LogP contribution in [-0.2, 0) is 9.59 Å². The number of carbonyl (C=O) groups is 3. The molecule has 1 aliphatic rings. The summed E-state index contributed by atoms with van der Waals surface area (Å²) in [5, 5.41) is 18.1. The van der Waals surface area contributed by atoms with Gasteiger partial charge in [-0.1, -0.05) is 0 Å². The van der Waals surface area contributed by atoms with Crippen LogP contribution in [0.15, 0.2) is 18.5 Å². The molecule has 1 atom stereocenters. The molecule has 1 aromatic rings. The zero-order chi connectivity index (χ0) is 15.6. The lowest BCUT2D eigenvalue weighted by molar-refractivity contribution is -0.148. The van der Waals surface area contributed by atoms with E-state index in [1.54, 1.807) is 6.92 Å². The van der Waals surface area contributed by atoms with E-state index in [0.717, 1.165) is 0 Å². The number of carbonyl (C=O) groups excluding carboxylic acids is 2. The van der Waals surface area contributed by atoms with Crippen molar-refractivity contribution >= 4 is 17.8 Å². The maximum Gasteiger partial charge on any atom is 0.323 e. The van der Waals surface area contributed by atoms with Crippen LogP contribution in [0.5, 0.6) is 5.75 Å². The van der Waals surface area contributed by atoms with Crippen LogP contribution < -0.4 is 0 Å². The number of piperazine rings is 1. The SMILES string of the molecule is CC1C(=O)N(CC(=O)O)CCN1C(=O)c1cncc(O)c1. The van der Waals surface area contributed by atoms with Gasteiger partial charge in [0, 0.05) is 19.3 Å². The highest BCUT2D eigenvalue weighted by molar-refractivity contribution is 5.98. The summed E-state index contributed by atoms with van der Waals surface area (Å²) in [5.74, 6) is -2.06. The third kappa shape index (κ3) is 3.10. The van der Waals surface area contributed by atoms with Crippen LogP contribution in [0.2, 0.25) is 0 Å². The van der Waals surface area contributed by atoms with Gasteiger partial charge in [0.05, 0.1) is 11.8 Å². The minimum absolute atomic E-state index is 0.135. The molecule has 0 aromatic carbocycles. The summed E-state index contributed by atoms with van der Waals surface area (Å²) in [6.45, 7) is 1.56. The van der Waals surface area contributed by atoms with Crippen molar-refractivity contribution in [2.24, 2.45) is 0 Å². The summed E-state index contributed by atoms with van der Waals surface area (Å²) in [4.78, 5) is 41.4. The predicted octanol–water partition coefficient (Wildman–Crippen LogP) is -0.455. The quantitative estimate of drug-likeness (QED) is 0.780. The van der Waals surface area contributed by atoms with Gasteiger partial charge in [0.2, 0.25) is 5.91 Å². The first kappa shape index (κ1) is 14.8. The highest BCUT2D eigenvalue weighted by Crippen LogP contribution is 2.17. The standard InChI is InChI=1S/C13H15N3O5/c1-8-12(20)15(7-11(18)19)2-3-16(8)13(21)9-4-10(17)6-14-5-9/h4-6,8,17H,2-3,7H2,1H3,(H,18,19). The smallest absolute Gasteiger partial charge is 0.323 e. The second kappa shape index (κ2) is 5.78. The third-order valence-corrected chi connectivity index (χ3v) is 3.31. The van der Waals surface area contributed by atoms with Gasteiger partial charge in [-0.05, 0) is 13.0 Å². The molecular weight excluding hydrogens is 278 g/mol. The van der Waals surface area contributed by atoms with E-state index in [1.165, 1.54) is 28.3 Å². The molecule has 1 unspecified atom stereocenters. The Kier molecular flexibility index (Phi) is 4.06. The summed E-state index contributed by atoms with van der Waals surface area (Å²) < 4.78 is 0. The first-order valence-electron chi connectivity index (χ1n) is 6.35. The number of hydrogen-bond donors (Lipinski definition) is 2. The maximum absolute atomic E-state index is 12.3. The van der Waals surface area contributed by atoms with Crippen molar-refractivity contribution < 1.29 is 24.6 Å². The van der Waals surface area contributed by atoms with E-state index in [2.05, 4.69) is 4.98 Å². The lowest BCUT2D eigenvalue weighted by Crippen LogP contribution is -2.58. The number of aromatic nitrogens is 1. The van der Waals surface area contributed by atoms with Crippen LogP contribution in [0.1, 0.15) is 17.3 Å². The Morgan fingerprint density at radius 3 is 2.71 bits per heavy atom. The molecule has 2 rings (SSSR count). The monoisotopic (exact) mass is 293 g/mol. The second-order valence-electron chi connectivity index (χ2n) is 4.76. The Bertz CT molecular complexity index is 589. The number of carboxylic acid groups (broad SMARTS) is 1. The number of rotatable bonds is 3. The molecule has 8 heteroatoms. The Morgan fingerprint density at radius 2 is 2.10 bits per heavy atom. The molecule has 1 saturated heterocycles. The minimum Gasteiger partial charge on any atom is -0.506 e. The zero-order valence-corrected chi connectivity index (χ0v) is 11.4. The summed E-state index contributed by atoms with van der Waals surface area (Å²) >= 11 is 0. The van der Waals surface area contributed by atoms with Crippen LogP contribution >= 0.6 is 0 Å². The van der Waals surface area contributed by atoms with Crippen molar-refractivity contribution in [2.45, 2.75) is 13.0 Å². The molecule has 2 N–H and O–H groups in total. The molecule has 0 spiro atoms. The molecule has 0 saturated carbocycles. The van der Waals surface area contributed by atoms with Crippen molar-refractivity contribution in [3.63, 3.8) is 0 Å². The fraction of sp³-hybridized carbons (Fsp3) is 0.385. The Balaban J connectivity index is 2.14. The largest absolute Gasteiger partial charge is 0.506 e. The van der Waals surface area contributed by atoms with Crippen molar-refractivity contribution in [3.8, 4) is 5.75 Å². The molecule has 1 aromatic heterocycles. The number of hydrogen-bond acceptors (Lipinski definition) is 5. The van der Waals surface area contributed by atoms with Gasteiger partial charge >= 0.3 is 5.97 Å². The number of carboxylic acids is 1. The van der Waals surface area contributed by atoms with E-state index in [1.807, 2.05) is 0 Å². The van der Waals surface area contributed by atoms with Crippen LogP contribution in [0.25, 0.3) is 0 Å². The third-order valence-electron chi connectivity index (χ3n) is 3.31. The molecular formula is C13H15N3O5. The number of amides is 2. The highest BCUT2D eigenvalue weighted by Gasteiger charge is 2.35. The zero-order valence-electron chi connectivity index (χ0n) is 11.4. The summed E-state index contributed by atoms with van der Waals surface area (Å²) in [6.07, 6.45) is 2.51. The summed E-state index contributed by atoms with van der Waals surface area (Å²) in [7, 11) is 0. The molecule has 0 bridgehead atoms. The molecule has 21 heavy (non-hydrogen) atoms. The van der Waals surface area contributed by atoms with Crippen molar-refractivity contribution in [2.75, 3.05) is 19.6 Å². The fourth-order valence-electron chi connectivity index (χ4n) is 2.24. The minimum atomic E-state index is -1.09. The number of nitrogens with zero attached hydrogens (tertiary/aromatic N) is 3. The molecule has 8 nitrogen and oxygen atoms in total. The molecule has 2 amide bonds. The second-order valence-corrected chi connectivity index (χ2v) is 4.76. The lowest BCUT2D eigenvalue weighted by atomic mass is 10.1. The fourth-order valence-corrected chi connectivity index (χ4v) is 2.24. The van der Waals surface area contributed by atoms with Crippen LogP contribution in [0, 0.1) is 0 Å². The number of pyridine rings is 1. The van der Waals surface area contributed by atoms with E-state index in [9.17, 15) is 19.5 Å². The Morgan fingerprint density at radius 1 is 1.38 bits per heavy atom. The summed E-state index contributed by atoms with van der Waals surface area (Å²) in [5.41, 5.74) is 0.182. The first-order chi connectivity index (χ1) is 9.90. The van der Waals surface area contributed by atoms with Gasteiger partial charge in [-0.15, -0.1) is 0 Å². The highest BCUT2D eigenvalue weighted by atomic mass is 16.4. The first-order valence-corrected chi connectivity index (χ1v) is 6.35. The van der Waals surface area contributed by atoms with Crippen LogP contribution in [0.3, 0.4) is 0 Å². The van der Waals surface area contributed by atoms with Gasteiger partial charge in [0.15, 0.2) is 0 Å². The normalized spacial score (nSPS) is 18.7. The van der Waals surface area contributed by atoms with Gasteiger partial charge in [0.1, 0.15) is 18.3 Å². The van der Waals surface area contributed by atoms with Gasteiger partial charge in [-0.3, -0.25) is 19.4 Å². The predicted molar refractivity (Wildman–Crippen MR) is 70.6 cm³/mol. The molecule has 112 valence electrons. The topological polar surface area (TPSA) is 111 Å². The van der Waals surface area contributed by atoms with Gasteiger partial charge in [-0.2, -0.15) is 0 Å². The van der Waals surface area contributed by atoms with E-state index >= 15 is 0 Å². The van der Waals surface area contributed by atoms with Crippen LogP contribution in [0.4, 0.5) is 0 Å². The lowest BCUT2D eigenvalue weighted by Gasteiger charge is -2.38. The molecule has 2 heterocycles. The van der Waals surface area contributed by atoms with Crippen molar-refractivity contribution in [3.05, 3.63) is 24.0 Å². The molecule has 0 radical (unpaired) electrons.